The van der Waals surface area contributed by atoms with Crippen LogP contribution in [0.25, 0.3) is 0 Å². The number of aryl methyl sites for hydroxylation is 1. The molecular formula is C23H28N2O3. The van der Waals surface area contributed by atoms with Crippen LogP contribution < -0.4 is 4.74 Å². The summed E-state index contributed by atoms with van der Waals surface area (Å²) in [6.45, 7) is 1.44. The molecule has 5 heteroatoms. The highest BCUT2D eigenvalue weighted by Gasteiger charge is 2.24. The molecule has 28 heavy (non-hydrogen) atoms. The lowest BCUT2D eigenvalue weighted by Gasteiger charge is -2.33. The number of para-hydroxylation sites is 1. The van der Waals surface area contributed by atoms with Crippen molar-refractivity contribution in [2.75, 3.05) is 27.2 Å². The summed E-state index contributed by atoms with van der Waals surface area (Å²) in [5.74, 6) is 1.00. The second kappa shape index (κ2) is 9.40. The van der Waals surface area contributed by atoms with Gasteiger partial charge in [-0.3, -0.25) is 9.59 Å². The van der Waals surface area contributed by atoms with E-state index in [2.05, 4.69) is 0 Å². The van der Waals surface area contributed by atoms with Gasteiger partial charge < -0.3 is 14.5 Å². The Morgan fingerprint density at radius 1 is 1.07 bits per heavy atom. The number of rotatable bonds is 6. The molecule has 148 valence electrons. The fourth-order valence-electron chi connectivity index (χ4n) is 3.43. The molecule has 2 aromatic carbocycles. The van der Waals surface area contributed by atoms with Gasteiger partial charge in [0.15, 0.2) is 0 Å². The summed E-state index contributed by atoms with van der Waals surface area (Å²) in [5.41, 5.74) is 1.73. The lowest BCUT2D eigenvalue weighted by Crippen LogP contribution is -2.44. The van der Waals surface area contributed by atoms with Crippen LogP contribution in [0.1, 0.15) is 35.2 Å². The lowest BCUT2D eigenvalue weighted by molar-refractivity contribution is -0.133. The Kier molecular flexibility index (Phi) is 6.69. The predicted octanol–water partition coefficient (Wildman–Crippen LogP) is 3.39. The summed E-state index contributed by atoms with van der Waals surface area (Å²) in [6.07, 6.45) is 3.14. The normalized spacial score (nSPS) is 16.5. The van der Waals surface area contributed by atoms with Crippen molar-refractivity contribution >= 4 is 11.8 Å². The van der Waals surface area contributed by atoms with Crippen molar-refractivity contribution in [3.63, 3.8) is 0 Å². The van der Waals surface area contributed by atoms with E-state index in [9.17, 15) is 9.59 Å². The van der Waals surface area contributed by atoms with Crippen LogP contribution in [0.5, 0.6) is 5.75 Å². The number of carbonyl (C=O) groups excluding carboxylic acids is 2. The van der Waals surface area contributed by atoms with Gasteiger partial charge in [-0.05, 0) is 49.1 Å². The molecular weight excluding hydrogens is 352 g/mol. The van der Waals surface area contributed by atoms with E-state index in [1.807, 2.05) is 59.5 Å². The maximum absolute atomic E-state index is 12.6. The number of hydrogen-bond acceptors (Lipinski definition) is 3. The second-order valence-electron chi connectivity index (χ2n) is 7.43. The lowest BCUT2D eigenvalue weighted by atomic mass is 10.0. The van der Waals surface area contributed by atoms with E-state index in [1.54, 1.807) is 19.0 Å². The molecule has 0 bridgehead atoms. The number of carbonyl (C=O) groups is 2. The molecule has 0 spiro atoms. The van der Waals surface area contributed by atoms with Crippen molar-refractivity contribution in [3.05, 3.63) is 65.7 Å². The molecule has 0 radical (unpaired) electrons. The van der Waals surface area contributed by atoms with Crippen molar-refractivity contribution in [2.45, 2.75) is 31.8 Å². The van der Waals surface area contributed by atoms with E-state index in [1.165, 1.54) is 0 Å². The van der Waals surface area contributed by atoms with Crippen LogP contribution in [0.4, 0.5) is 0 Å². The van der Waals surface area contributed by atoms with Crippen LogP contribution in [0.2, 0.25) is 0 Å². The number of hydrogen-bond donors (Lipinski definition) is 0. The largest absolute Gasteiger partial charge is 0.489 e. The molecule has 1 unspecified atom stereocenters. The van der Waals surface area contributed by atoms with Crippen molar-refractivity contribution in [1.29, 1.82) is 0 Å². The van der Waals surface area contributed by atoms with Gasteiger partial charge in [0.25, 0.3) is 5.91 Å². The van der Waals surface area contributed by atoms with Crippen LogP contribution in [0, 0.1) is 0 Å². The van der Waals surface area contributed by atoms with E-state index < -0.39 is 0 Å². The highest BCUT2D eigenvalue weighted by molar-refractivity contribution is 5.93. The number of piperidine rings is 1. The van der Waals surface area contributed by atoms with Gasteiger partial charge in [-0.15, -0.1) is 0 Å². The second-order valence-corrected chi connectivity index (χ2v) is 7.43. The number of nitrogens with zero attached hydrogens (tertiary/aromatic N) is 2. The Bertz CT molecular complexity index is 787. The van der Waals surface area contributed by atoms with Gasteiger partial charge in [-0.1, -0.05) is 30.3 Å². The zero-order chi connectivity index (χ0) is 19.9. The van der Waals surface area contributed by atoms with Crippen molar-refractivity contribution in [1.82, 2.24) is 9.80 Å². The predicted molar refractivity (Wildman–Crippen MR) is 109 cm³/mol. The topological polar surface area (TPSA) is 49.9 Å². The summed E-state index contributed by atoms with van der Waals surface area (Å²) in [6, 6.07) is 17.3. The molecule has 1 aliphatic rings. The quantitative estimate of drug-likeness (QED) is 0.772. The Morgan fingerprint density at radius 3 is 2.46 bits per heavy atom. The summed E-state index contributed by atoms with van der Waals surface area (Å²) < 4.78 is 6.02. The van der Waals surface area contributed by atoms with Crippen LogP contribution in [-0.4, -0.2) is 54.9 Å². The zero-order valence-corrected chi connectivity index (χ0v) is 16.6. The van der Waals surface area contributed by atoms with Gasteiger partial charge in [-0.25, -0.2) is 0 Å². The number of likely N-dealkylation sites (tertiary alicyclic amines) is 1. The summed E-state index contributed by atoms with van der Waals surface area (Å²) in [5, 5.41) is 0. The molecule has 1 saturated heterocycles. The average molecular weight is 380 g/mol. The highest BCUT2D eigenvalue weighted by Crippen LogP contribution is 2.19. The van der Waals surface area contributed by atoms with Crippen molar-refractivity contribution < 1.29 is 14.3 Å². The Morgan fingerprint density at radius 2 is 1.79 bits per heavy atom. The molecule has 5 nitrogen and oxygen atoms in total. The first-order valence-corrected chi connectivity index (χ1v) is 9.83. The molecule has 2 aromatic rings. The van der Waals surface area contributed by atoms with Gasteiger partial charge in [-0.2, -0.15) is 0 Å². The van der Waals surface area contributed by atoms with Crippen LogP contribution in [0.15, 0.2) is 54.6 Å². The van der Waals surface area contributed by atoms with E-state index in [0.29, 0.717) is 24.9 Å². The first kappa shape index (κ1) is 19.9. The summed E-state index contributed by atoms with van der Waals surface area (Å²) in [4.78, 5) is 28.1. The van der Waals surface area contributed by atoms with Gasteiger partial charge in [0.05, 0.1) is 6.54 Å². The minimum atomic E-state index is -0.0135. The molecule has 1 aliphatic heterocycles. The third-order valence-corrected chi connectivity index (χ3v) is 5.01. The minimum absolute atomic E-state index is 0.0135. The molecule has 2 amide bonds. The number of amides is 2. The van der Waals surface area contributed by atoms with E-state index in [-0.39, 0.29) is 17.9 Å². The molecule has 0 saturated carbocycles. The van der Waals surface area contributed by atoms with E-state index in [4.69, 9.17) is 4.74 Å². The SMILES string of the molecule is CN(C)C(=O)c1ccc(CCC(=O)N2CCCC(Oc3ccccc3)C2)cc1. The van der Waals surface area contributed by atoms with Gasteiger partial charge in [0.1, 0.15) is 11.9 Å². The fraction of sp³-hybridized carbons (Fsp3) is 0.391. The molecule has 1 heterocycles. The molecule has 0 aromatic heterocycles. The maximum atomic E-state index is 12.6. The fourth-order valence-corrected chi connectivity index (χ4v) is 3.43. The smallest absolute Gasteiger partial charge is 0.253 e. The van der Waals surface area contributed by atoms with Gasteiger partial charge >= 0.3 is 0 Å². The third-order valence-electron chi connectivity index (χ3n) is 5.01. The standard InChI is InChI=1S/C23H28N2O3/c1-24(2)23(27)19-13-10-18(11-14-19)12-15-22(26)25-16-6-9-21(17-25)28-20-7-4-3-5-8-20/h3-5,7-8,10-11,13-14,21H,6,9,12,15-17H2,1-2H3. The highest BCUT2D eigenvalue weighted by atomic mass is 16.5. The van der Waals surface area contributed by atoms with Crippen LogP contribution in [0.3, 0.4) is 0 Å². The monoisotopic (exact) mass is 380 g/mol. The van der Waals surface area contributed by atoms with E-state index in [0.717, 1.165) is 30.7 Å². The molecule has 1 atom stereocenters. The van der Waals surface area contributed by atoms with Gasteiger partial charge in [0, 0.05) is 32.6 Å². The van der Waals surface area contributed by atoms with E-state index >= 15 is 0 Å². The Hall–Kier alpha value is -2.82. The van der Waals surface area contributed by atoms with Gasteiger partial charge in [0.2, 0.25) is 5.91 Å². The average Bonchev–Trinajstić information content (AvgIpc) is 2.72. The molecule has 0 aliphatic carbocycles. The molecule has 1 fully saturated rings. The third kappa shape index (κ3) is 5.35. The summed E-state index contributed by atoms with van der Waals surface area (Å²) in [7, 11) is 3.48. The minimum Gasteiger partial charge on any atom is -0.489 e. The van der Waals surface area contributed by atoms with Crippen molar-refractivity contribution in [3.8, 4) is 5.75 Å². The number of ether oxygens (including phenoxy) is 1. The first-order valence-electron chi connectivity index (χ1n) is 9.83. The van der Waals surface area contributed by atoms with Crippen LogP contribution >= 0.6 is 0 Å². The van der Waals surface area contributed by atoms with Crippen molar-refractivity contribution in [2.24, 2.45) is 0 Å². The first-order chi connectivity index (χ1) is 13.5. The van der Waals surface area contributed by atoms with Crippen LogP contribution in [-0.2, 0) is 11.2 Å². The molecule has 0 N–H and O–H groups in total. The summed E-state index contributed by atoms with van der Waals surface area (Å²) >= 11 is 0. The Balaban J connectivity index is 1.49. The molecule has 3 rings (SSSR count). The zero-order valence-electron chi connectivity index (χ0n) is 16.6. The Labute approximate surface area is 166 Å². The number of benzene rings is 2. The maximum Gasteiger partial charge on any atom is 0.253 e.